The molecule has 0 N–H and O–H groups in total. The molecule has 150 valence electrons. The Morgan fingerprint density at radius 2 is 1.96 bits per heavy atom. The lowest BCUT2D eigenvalue weighted by atomic mass is 9.58. The number of rotatable bonds is 5. The summed E-state index contributed by atoms with van der Waals surface area (Å²) >= 11 is 0. The van der Waals surface area contributed by atoms with Crippen molar-refractivity contribution in [2.75, 3.05) is 33.8 Å². The first-order valence-electron chi connectivity index (χ1n) is 9.39. The van der Waals surface area contributed by atoms with E-state index < -0.39 is 17.5 Å². The lowest BCUT2D eigenvalue weighted by molar-refractivity contribution is -0.237. The monoisotopic (exact) mass is 384 g/mol. The van der Waals surface area contributed by atoms with Crippen LogP contribution < -0.4 is 4.74 Å². The first-order chi connectivity index (χ1) is 12.7. The van der Waals surface area contributed by atoms with Gasteiger partial charge in [-0.15, -0.1) is 0 Å². The first-order valence-corrected chi connectivity index (χ1v) is 9.39. The third-order valence-corrected chi connectivity index (χ3v) is 6.12. The van der Waals surface area contributed by atoms with Gasteiger partial charge in [-0.25, -0.2) is 0 Å². The predicted molar refractivity (Wildman–Crippen MR) is 96.4 cm³/mol. The second-order valence-electron chi connectivity index (χ2n) is 7.91. The lowest BCUT2D eigenvalue weighted by Crippen LogP contribution is -2.57. The largest absolute Gasteiger partial charge is 0.497 e. The molecule has 1 aliphatic heterocycles. The molecule has 2 aliphatic rings. The van der Waals surface area contributed by atoms with Crippen LogP contribution in [0, 0.1) is 11.3 Å². The van der Waals surface area contributed by atoms with Gasteiger partial charge in [-0.05, 0) is 48.9 Å². The minimum absolute atomic E-state index is 0.0641. The highest BCUT2D eigenvalue weighted by Gasteiger charge is 2.58. The van der Waals surface area contributed by atoms with E-state index in [4.69, 9.17) is 4.74 Å². The second-order valence-corrected chi connectivity index (χ2v) is 7.91. The highest BCUT2D eigenvalue weighted by Crippen LogP contribution is 2.56. The maximum Gasteiger partial charge on any atom is 0.392 e. The van der Waals surface area contributed by atoms with Gasteiger partial charge in [-0.1, -0.05) is 18.6 Å². The zero-order valence-corrected chi connectivity index (χ0v) is 15.9. The number of benzene rings is 1. The van der Waals surface area contributed by atoms with Crippen LogP contribution in [0.2, 0.25) is 0 Å². The molecule has 1 saturated carbocycles. The highest BCUT2D eigenvalue weighted by molar-refractivity contribution is 5.78. The van der Waals surface area contributed by atoms with Gasteiger partial charge in [-0.3, -0.25) is 9.69 Å². The van der Waals surface area contributed by atoms with Crippen LogP contribution in [0.3, 0.4) is 0 Å². The summed E-state index contributed by atoms with van der Waals surface area (Å²) in [6.07, 6.45) is -1.96. The fourth-order valence-corrected chi connectivity index (χ4v) is 4.44. The molecule has 7 heteroatoms. The van der Waals surface area contributed by atoms with Gasteiger partial charge in [0.25, 0.3) is 0 Å². The zero-order valence-electron chi connectivity index (χ0n) is 15.9. The van der Waals surface area contributed by atoms with E-state index in [2.05, 4.69) is 0 Å². The fraction of sp³-hybridized carbons (Fsp3) is 0.650. The molecule has 3 rings (SSSR count). The Balaban J connectivity index is 1.56. The van der Waals surface area contributed by atoms with Gasteiger partial charge in [0.2, 0.25) is 5.91 Å². The Bertz CT molecular complexity index is 656. The van der Waals surface area contributed by atoms with Crippen LogP contribution in [0.15, 0.2) is 24.3 Å². The van der Waals surface area contributed by atoms with Crippen molar-refractivity contribution < 1.29 is 22.7 Å². The SMILES string of the molecule is COc1ccc(CN(C)C(=O)CN2CCC(C(F)(F)F)C3(CCC3)C2)cc1. The van der Waals surface area contributed by atoms with Crippen LogP contribution in [-0.2, 0) is 11.3 Å². The van der Waals surface area contributed by atoms with Gasteiger partial charge in [0.1, 0.15) is 5.75 Å². The van der Waals surface area contributed by atoms with Crippen LogP contribution in [0.25, 0.3) is 0 Å². The number of halogens is 3. The summed E-state index contributed by atoms with van der Waals surface area (Å²) in [5, 5.41) is 0. The van der Waals surface area contributed by atoms with E-state index in [9.17, 15) is 18.0 Å². The van der Waals surface area contributed by atoms with Crippen LogP contribution >= 0.6 is 0 Å². The van der Waals surface area contributed by atoms with Crippen LogP contribution in [0.5, 0.6) is 5.75 Å². The van der Waals surface area contributed by atoms with Gasteiger partial charge in [0, 0.05) is 20.1 Å². The number of piperidine rings is 1. The van der Waals surface area contributed by atoms with Crippen molar-refractivity contribution in [3.63, 3.8) is 0 Å². The van der Waals surface area contributed by atoms with E-state index in [0.717, 1.165) is 17.7 Å². The van der Waals surface area contributed by atoms with E-state index in [1.54, 1.807) is 19.1 Å². The van der Waals surface area contributed by atoms with Crippen molar-refractivity contribution in [2.24, 2.45) is 11.3 Å². The molecule has 1 spiro atoms. The molecule has 1 aromatic rings. The smallest absolute Gasteiger partial charge is 0.392 e. The summed E-state index contributed by atoms with van der Waals surface area (Å²) in [5.74, 6) is -0.529. The molecule has 1 saturated heterocycles. The average Bonchev–Trinajstić information content (AvgIpc) is 2.60. The summed E-state index contributed by atoms with van der Waals surface area (Å²) in [4.78, 5) is 16.1. The number of hydrogen-bond donors (Lipinski definition) is 0. The van der Waals surface area contributed by atoms with E-state index in [0.29, 0.717) is 32.5 Å². The Morgan fingerprint density at radius 1 is 1.30 bits per heavy atom. The van der Waals surface area contributed by atoms with E-state index in [1.807, 2.05) is 29.2 Å². The molecule has 0 bridgehead atoms. The van der Waals surface area contributed by atoms with Crippen LogP contribution in [0.1, 0.15) is 31.2 Å². The third-order valence-electron chi connectivity index (χ3n) is 6.12. The van der Waals surface area contributed by atoms with Crippen molar-refractivity contribution >= 4 is 5.91 Å². The number of likely N-dealkylation sites (N-methyl/N-ethyl adjacent to an activating group) is 1. The number of likely N-dealkylation sites (tertiary alicyclic amines) is 1. The number of carbonyl (C=O) groups excluding carboxylic acids is 1. The maximum absolute atomic E-state index is 13.4. The number of alkyl halides is 3. The van der Waals surface area contributed by atoms with Crippen molar-refractivity contribution in [1.82, 2.24) is 9.80 Å². The van der Waals surface area contributed by atoms with Crippen molar-refractivity contribution in [2.45, 2.75) is 38.4 Å². The van der Waals surface area contributed by atoms with Gasteiger partial charge < -0.3 is 9.64 Å². The number of carbonyl (C=O) groups is 1. The molecular formula is C20H27F3N2O2. The third kappa shape index (κ3) is 4.39. The first kappa shape index (κ1) is 20.0. The highest BCUT2D eigenvalue weighted by atomic mass is 19.4. The quantitative estimate of drug-likeness (QED) is 0.776. The number of nitrogens with zero attached hydrogens (tertiary/aromatic N) is 2. The summed E-state index contributed by atoms with van der Waals surface area (Å²) in [7, 11) is 3.33. The summed E-state index contributed by atoms with van der Waals surface area (Å²) in [5.41, 5.74) is 0.309. The van der Waals surface area contributed by atoms with E-state index >= 15 is 0 Å². The molecule has 2 fully saturated rings. The zero-order chi connectivity index (χ0) is 19.7. The summed E-state index contributed by atoms with van der Waals surface area (Å²) in [6.45, 7) is 1.35. The fourth-order valence-electron chi connectivity index (χ4n) is 4.44. The molecule has 1 aromatic carbocycles. The molecule has 1 heterocycles. The number of ether oxygens (including phenoxy) is 1. The van der Waals surface area contributed by atoms with Gasteiger partial charge in [-0.2, -0.15) is 13.2 Å². The van der Waals surface area contributed by atoms with Gasteiger partial charge >= 0.3 is 6.18 Å². The second kappa shape index (κ2) is 7.70. The minimum Gasteiger partial charge on any atom is -0.497 e. The molecule has 0 aromatic heterocycles. The van der Waals surface area contributed by atoms with Crippen molar-refractivity contribution in [3.05, 3.63) is 29.8 Å². The van der Waals surface area contributed by atoms with Gasteiger partial charge in [0.05, 0.1) is 19.6 Å². The Morgan fingerprint density at radius 3 is 2.48 bits per heavy atom. The lowest BCUT2D eigenvalue weighted by Gasteiger charge is -2.54. The van der Waals surface area contributed by atoms with E-state index in [1.165, 1.54) is 0 Å². The standard InChI is InChI=1S/C20H27F3N2O2/c1-24(12-15-4-6-16(27-2)7-5-15)18(26)13-25-11-8-17(20(21,22)23)19(14-25)9-3-10-19/h4-7,17H,3,8-14H2,1-2H3. The number of hydrogen-bond acceptors (Lipinski definition) is 3. The summed E-state index contributed by atoms with van der Waals surface area (Å²) < 4.78 is 45.2. The molecule has 1 aliphatic carbocycles. The van der Waals surface area contributed by atoms with Crippen LogP contribution in [-0.4, -0.2) is 55.7 Å². The Hall–Kier alpha value is -1.76. The molecule has 1 unspecified atom stereocenters. The number of methoxy groups -OCH3 is 1. The van der Waals surface area contributed by atoms with Crippen molar-refractivity contribution in [1.29, 1.82) is 0 Å². The predicted octanol–water partition coefficient (Wildman–Crippen LogP) is 3.71. The maximum atomic E-state index is 13.4. The molecule has 0 radical (unpaired) electrons. The Kier molecular flexibility index (Phi) is 5.70. The number of amides is 1. The average molecular weight is 384 g/mol. The molecule has 1 atom stereocenters. The van der Waals surface area contributed by atoms with Gasteiger partial charge in [0.15, 0.2) is 0 Å². The summed E-state index contributed by atoms with van der Waals surface area (Å²) in [6, 6.07) is 7.49. The molecule has 27 heavy (non-hydrogen) atoms. The van der Waals surface area contributed by atoms with Crippen LogP contribution in [0.4, 0.5) is 13.2 Å². The minimum atomic E-state index is -4.14. The Labute approximate surface area is 158 Å². The topological polar surface area (TPSA) is 32.8 Å². The molecule has 1 amide bonds. The molecular weight excluding hydrogens is 357 g/mol. The molecule has 4 nitrogen and oxygen atoms in total. The van der Waals surface area contributed by atoms with E-state index in [-0.39, 0.29) is 18.9 Å². The van der Waals surface area contributed by atoms with Crippen molar-refractivity contribution in [3.8, 4) is 5.75 Å². The normalized spacial score (nSPS) is 22.3.